The zero-order valence-electron chi connectivity index (χ0n) is 17.5. The number of aliphatic hydroxyl groups excluding tert-OH is 2. The van der Waals surface area contributed by atoms with Gasteiger partial charge in [0.25, 0.3) is 5.91 Å². The third kappa shape index (κ3) is 4.90. The Balaban J connectivity index is 1.66. The molecular formula is C21H33N3O5. The van der Waals surface area contributed by atoms with E-state index in [9.17, 15) is 15.0 Å². The molecule has 2 aliphatic heterocycles. The highest BCUT2D eigenvalue weighted by Gasteiger charge is 2.48. The number of methoxy groups -OCH3 is 1. The van der Waals surface area contributed by atoms with Gasteiger partial charge in [-0.25, -0.2) is 0 Å². The van der Waals surface area contributed by atoms with Crippen molar-refractivity contribution in [3.05, 3.63) is 29.8 Å². The molecule has 2 aliphatic rings. The first-order valence-electron chi connectivity index (χ1n) is 10.2. The van der Waals surface area contributed by atoms with Crippen molar-refractivity contribution in [2.75, 3.05) is 52.4 Å². The maximum absolute atomic E-state index is 12.6. The van der Waals surface area contributed by atoms with Crippen LogP contribution in [0, 0.1) is 0 Å². The second-order valence-corrected chi connectivity index (χ2v) is 8.02. The number of hydrogen-bond donors (Lipinski definition) is 3. The first kappa shape index (κ1) is 22.0. The molecule has 29 heavy (non-hydrogen) atoms. The molecule has 3 rings (SSSR count). The molecule has 8 heteroatoms. The molecule has 0 saturated carbocycles. The van der Waals surface area contributed by atoms with Crippen LogP contribution in [0.25, 0.3) is 0 Å². The van der Waals surface area contributed by atoms with Crippen molar-refractivity contribution >= 4 is 11.6 Å². The minimum atomic E-state index is -0.807. The number of rotatable bonds is 8. The number of ether oxygens (including phenoxy) is 2. The predicted molar refractivity (Wildman–Crippen MR) is 110 cm³/mol. The van der Waals surface area contributed by atoms with E-state index in [1.165, 1.54) is 0 Å². The SMILES string of the molecule is COC[C@H]1CCCN1[C@@H]1[C@H](O)[C@H](CO)O[C@@H]1CNC(=O)c1ccc(N(C)C)cc1. The van der Waals surface area contributed by atoms with Crippen LogP contribution in [0.3, 0.4) is 0 Å². The molecule has 0 aromatic heterocycles. The average molecular weight is 408 g/mol. The van der Waals surface area contributed by atoms with Crippen molar-refractivity contribution in [1.82, 2.24) is 10.2 Å². The van der Waals surface area contributed by atoms with Crippen molar-refractivity contribution in [3.63, 3.8) is 0 Å². The summed E-state index contributed by atoms with van der Waals surface area (Å²) < 4.78 is 11.2. The van der Waals surface area contributed by atoms with Crippen LogP contribution in [-0.4, -0.2) is 98.9 Å². The molecule has 2 heterocycles. The molecule has 0 bridgehead atoms. The Kier molecular flexibility index (Phi) is 7.48. The summed E-state index contributed by atoms with van der Waals surface area (Å²) in [5.74, 6) is -0.186. The summed E-state index contributed by atoms with van der Waals surface area (Å²) in [6.07, 6.45) is 0.171. The van der Waals surface area contributed by atoms with E-state index in [0.29, 0.717) is 12.2 Å². The monoisotopic (exact) mass is 407 g/mol. The van der Waals surface area contributed by atoms with E-state index in [1.54, 1.807) is 19.2 Å². The van der Waals surface area contributed by atoms with Crippen LogP contribution in [0.2, 0.25) is 0 Å². The number of amides is 1. The van der Waals surface area contributed by atoms with E-state index in [1.807, 2.05) is 31.1 Å². The van der Waals surface area contributed by atoms with Gasteiger partial charge in [-0.3, -0.25) is 9.69 Å². The lowest BCUT2D eigenvalue weighted by Gasteiger charge is -2.34. The average Bonchev–Trinajstić information content (AvgIpc) is 3.29. The van der Waals surface area contributed by atoms with Gasteiger partial charge >= 0.3 is 0 Å². The molecular weight excluding hydrogens is 374 g/mol. The van der Waals surface area contributed by atoms with Crippen LogP contribution in [0.15, 0.2) is 24.3 Å². The van der Waals surface area contributed by atoms with Gasteiger partial charge in [0, 0.05) is 45.0 Å². The Labute approximate surface area is 172 Å². The van der Waals surface area contributed by atoms with Crippen LogP contribution in [0.5, 0.6) is 0 Å². The number of likely N-dealkylation sites (tertiary alicyclic amines) is 1. The fraction of sp³-hybridized carbons (Fsp3) is 0.667. The zero-order valence-corrected chi connectivity index (χ0v) is 17.5. The molecule has 1 aromatic carbocycles. The molecule has 2 saturated heterocycles. The lowest BCUT2D eigenvalue weighted by atomic mass is 10.0. The minimum Gasteiger partial charge on any atom is -0.394 e. The van der Waals surface area contributed by atoms with E-state index < -0.39 is 18.3 Å². The highest BCUT2D eigenvalue weighted by Crippen LogP contribution is 2.31. The molecule has 0 aliphatic carbocycles. The minimum absolute atomic E-state index is 0.186. The summed E-state index contributed by atoms with van der Waals surface area (Å²) in [7, 11) is 5.57. The van der Waals surface area contributed by atoms with Gasteiger partial charge < -0.3 is 29.9 Å². The summed E-state index contributed by atoms with van der Waals surface area (Å²) in [4.78, 5) is 16.8. The summed E-state index contributed by atoms with van der Waals surface area (Å²) in [5.41, 5.74) is 1.59. The number of hydrogen-bond acceptors (Lipinski definition) is 7. The van der Waals surface area contributed by atoms with E-state index in [2.05, 4.69) is 10.2 Å². The van der Waals surface area contributed by atoms with Gasteiger partial charge in [0.05, 0.1) is 25.4 Å². The lowest BCUT2D eigenvalue weighted by molar-refractivity contribution is -0.0209. The maximum atomic E-state index is 12.6. The molecule has 0 spiro atoms. The van der Waals surface area contributed by atoms with Gasteiger partial charge in [0.15, 0.2) is 0 Å². The molecule has 162 valence electrons. The number of aliphatic hydroxyl groups is 2. The quantitative estimate of drug-likeness (QED) is 0.562. The first-order valence-corrected chi connectivity index (χ1v) is 10.2. The van der Waals surface area contributed by atoms with E-state index in [4.69, 9.17) is 9.47 Å². The van der Waals surface area contributed by atoms with Gasteiger partial charge in [-0.1, -0.05) is 0 Å². The van der Waals surface area contributed by atoms with Gasteiger partial charge in [-0.05, 0) is 43.7 Å². The summed E-state index contributed by atoms with van der Waals surface area (Å²) in [5, 5.41) is 23.3. The molecule has 8 nitrogen and oxygen atoms in total. The van der Waals surface area contributed by atoms with Crippen molar-refractivity contribution in [3.8, 4) is 0 Å². The number of anilines is 1. The third-order valence-corrected chi connectivity index (χ3v) is 5.92. The smallest absolute Gasteiger partial charge is 0.251 e. The second-order valence-electron chi connectivity index (χ2n) is 8.02. The van der Waals surface area contributed by atoms with Crippen molar-refractivity contribution in [2.45, 2.75) is 43.2 Å². The number of nitrogens with zero attached hydrogens (tertiary/aromatic N) is 2. The molecule has 1 amide bonds. The fourth-order valence-electron chi connectivity index (χ4n) is 4.38. The van der Waals surface area contributed by atoms with Crippen LogP contribution in [0.1, 0.15) is 23.2 Å². The topological polar surface area (TPSA) is 94.5 Å². The molecule has 2 fully saturated rings. The Morgan fingerprint density at radius 2 is 2.03 bits per heavy atom. The maximum Gasteiger partial charge on any atom is 0.251 e. The molecule has 5 atom stereocenters. The summed E-state index contributed by atoms with van der Waals surface area (Å²) >= 11 is 0. The van der Waals surface area contributed by atoms with Gasteiger partial charge in [-0.15, -0.1) is 0 Å². The van der Waals surface area contributed by atoms with Gasteiger partial charge in [0.2, 0.25) is 0 Å². The Hall–Kier alpha value is -1.71. The van der Waals surface area contributed by atoms with Crippen LogP contribution in [-0.2, 0) is 9.47 Å². The molecule has 3 N–H and O–H groups in total. The predicted octanol–water partition coefficient (Wildman–Crippen LogP) is 0.0824. The first-order chi connectivity index (χ1) is 14.0. The summed E-state index contributed by atoms with van der Waals surface area (Å²) in [6.45, 7) is 1.44. The van der Waals surface area contributed by atoms with Crippen molar-refractivity contribution < 1.29 is 24.5 Å². The Morgan fingerprint density at radius 3 is 2.66 bits per heavy atom. The second kappa shape index (κ2) is 9.86. The van der Waals surface area contributed by atoms with E-state index >= 15 is 0 Å². The lowest BCUT2D eigenvalue weighted by Crippen LogP contribution is -2.53. The number of benzene rings is 1. The fourth-order valence-corrected chi connectivity index (χ4v) is 4.38. The van der Waals surface area contributed by atoms with E-state index in [-0.39, 0.29) is 31.1 Å². The third-order valence-electron chi connectivity index (χ3n) is 5.92. The zero-order chi connectivity index (χ0) is 21.0. The molecule has 0 radical (unpaired) electrons. The van der Waals surface area contributed by atoms with Crippen molar-refractivity contribution in [2.24, 2.45) is 0 Å². The van der Waals surface area contributed by atoms with E-state index in [0.717, 1.165) is 25.1 Å². The van der Waals surface area contributed by atoms with Gasteiger partial charge in [0.1, 0.15) is 12.2 Å². The summed E-state index contributed by atoms with van der Waals surface area (Å²) in [6, 6.07) is 7.30. The highest BCUT2D eigenvalue weighted by atomic mass is 16.5. The molecule has 1 aromatic rings. The number of carbonyl (C=O) groups excluding carboxylic acids is 1. The Bertz CT molecular complexity index is 669. The van der Waals surface area contributed by atoms with Crippen LogP contribution >= 0.6 is 0 Å². The Morgan fingerprint density at radius 1 is 1.31 bits per heavy atom. The largest absolute Gasteiger partial charge is 0.394 e. The van der Waals surface area contributed by atoms with Crippen LogP contribution in [0.4, 0.5) is 5.69 Å². The van der Waals surface area contributed by atoms with Crippen molar-refractivity contribution in [1.29, 1.82) is 0 Å². The highest BCUT2D eigenvalue weighted by molar-refractivity contribution is 5.94. The van der Waals surface area contributed by atoms with Crippen LogP contribution < -0.4 is 10.2 Å². The van der Waals surface area contributed by atoms with Gasteiger partial charge in [-0.2, -0.15) is 0 Å². The normalized spacial score (nSPS) is 29.9. The standard InChI is InChI=1S/C21H33N3O5/c1-23(2)15-8-6-14(7-9-15)21(27)22-11-17-19(20(26)18(12-25)29-17)24-10-4-5-16(24)13-28-3/h6-9,16-20,25-26H,4-5,10-13H2,1-3H3,(H,22,27)/t16-,17-,18+,19+,20-/m1/s1. The number of carbonyl (C=O) groups is 1. The molecule has 0 unspecified atom stereocenters. The number of nitrogens with one attached hydrogen (secondary N) is 1.